The molecule has 0 radical (unpaired) electrons. The third-order valence-electron chi connectivity index (χ3n) is 6.08. The smallest absolute Gasteiger partial charge is 0.333 e. The number of fused-ring (bicyclic) bond motifs is 1. The zero-order valence-electron chi connectivity index (χ0n) is 21.1. The van der Waals surface area contributed by atoms with Crippen LogP contribution < -0.4 is 4.90 Å². The number of carbonyl (C=O) groups excluding carboxylic acids is 1. The average Bonchev–Trinajstić information content (AvgIpc) is 2.77. The Morgan fingerprint density at radius 3 is 2.62 bits per heavy atom. The molecule has 34 heavy (non-hydrogen) atoms. The second-order valence-corrected chi connectivity index (χ2v) is 10.6. The molecule has 6 heteroatoms. The topological polar surface area (TPSA) is 55.3 Å². The largest absolute Gasteiger partial charge is 0.457 e. The monoisotopic (exact) mass is 483 g/mol. The minimum Gasteiger partial charge on any atom is -0.457 e. The highest BCUT2D eigenvalue weighted by Gasteiger charge is 2.26. The number of hydrogen-bond acceptors (Lipinski definition) is 5. The van der Waals surface area contributed by atoms with Gasteiger partial charge in [0.25, 0.3) is 0 Å². The molecular formula is C28H38ClN3O2. The molecule has 0 spiro atoms. The molecule has 0 fully saturated rings. The second kappa shape index (κ2) is 11.8. The lowest BCUT2D eigenvalue weighted by Gasteiger charge is -2.30. The number of anilines is 1. The van der Waals surface area contributed by atoms with Gasteiger partial charge in [-0.15, -0.1) is 0 Å². The first-order chi connectivity index (χ1) is 16.2. The zero-order valence-corrected chi connectivity index (χ0v) is 21.8. The fourth-order valence-electron chi connectivity index (χ4n) is 4.55. The van der Waals surface area contributed by atoms with Gasteiger partial charge in [-0.1, -0.05) is 43.8 Å². The van der Waals surface area contributed by atoms with Crippen LogP contribution in [0.15, 0.2) is 42.5 Å². The highest BCUT2D eigenvalue weighted by atomic mass is 35.5. The number of nitrogens with zero attached hydrogens (tertiary/aromatic N) is 3. The Hall–Kier alpha value is -2.40. The summed E-state index contributed by atoms with van der Waals surface area (Å²) in [6, 6.07) is 10.7. The van der Waals surface area contributed by atoms with Crippen LogP contribution in [0.2, 0.25) is 5.28 Å². The van der Waals surface area contributed by atoms with Crippen molar-refractivity contribution in [3.05, 3.63) is 64.6 Å². The Kier molecular flexibility index (Phi) is 9.12. The van der Waals surface area contributed by atoms with E-state index in [2.05, 4.69) is 58.7 Å². The summed E-state index contributed by atoms with van der Waals surface area (Å²) in [5, 5.41) is 0.313. The summed E-state index contributed by atoms with van der Waals surface area (Å²) in [6.07, 6.45) is 6.46. The van der Waals surface area contributed by atoms with E-state index in [9.17, 15) is 4.79 Å². The van der Waals surface area contributed by atoms with Crippen LogP contribution in [0.5, 0.6) is 0 Å². The van der Waals surface area contributed by atoms with Crippen molar-refractivity contribution < 1.29 is 9.53 Å². The van der Waals surface area contributed by atoms with E-state index in [0.717, 1.165) is 63.1 Å². The van der Waals surface area contributed by atoms with Crippen molar-refractivity contribution >= 4 is 23.4 Å². The van der Waals surface area contributed by atoms with E-state index in [1.165, 1.54) is 11.1 Å². The molecule has 0 saturated carbocycles. The number of aromatic nitrogens is 2. The standard InChI is InChI=1S/C28H38ClN3O2/c1-6-16-32(17-10-11-20(2)26(33)34-28(3,4)5)25-23-15-14-22(18-21-12-8-7-9-13-21)19-24(23)30-27(29)31-25/h7-9,12-13,22H,2,6,10-11,14-19H2,1,3-5H3. The van der Waals surface area contributed by atoms with Crippen LogP contribution in [0.3, 0.4) is 0 Å². The summed E-state index contributed by atoms with van der Waals surface area (Å²) < 4.78 is 5.44. The fourth-order valence-corrected chi connectivity index (χ4v) is 4.73. The lowest BCUT2D eigenvalue weighted by molar-refractivity contribution is -0.150. The Balaban J connectivity index is 1.68. The molecule has 184 valence electrons. The van der Waals surface area contributed by atoms with Gasteiger partial charge in [0.05, 0.1) is 5.69 Å². The van der Waals surface area contributed by atoms with Gasteiger partial charge in [-0.25, -0.2) is 14.8 Å². The molecule has 1 aromatic heterocycles. The van der Waals surface area contributed by atoms with E-state index in [1.807, 2.05) is 20.8 Å². The zero-order chi connectivity index (χ0) is 24.7. The van der Waals surface area contributed by atoms with Gasteiger partial charge >= 0.3 is 5.97 Å². The van der Waals surface area contributed by atoms with Gasteiger partial charge in [0.15, 0.2) is 0 Å². The first-order valence-electron chi connectivity index (χ1n) is 12.4. The molecule has 1 aromatic carbocycles. The first kappa shape index (κ1) is 26.2. The van der Waals surface area contributed by atoms with Crippen LogP contribution in [-0.4, -0.2) is 34.6 Å². The Bertz CT molecular complexity index is 985. The normalized spacial score (nSPS) is 15.5. The molecule has 1 heterocycles. The van der Waals surface area contributed by atoms with Gasteiger partial charge in [0.2, 0.25) is 5.28 Å². The van der Waals surface area contributed by atoms with E-state index in [1.54, 1.807) is 0 Å². The third kappa shape index (κ3) is 7.56. The molecule has 1 aliphatic rings. The molecule has 0 bridgehead atoms. The molecular weight excluding hydrogens is 446 g/mol. The lowest BCUT2D eigenvalue weighted by atomic mass is 9.83. The summed E-state index contributed by atoms with van der Waals surface area (Å²) >= 11 is 6.40. The Labute approximate surface area is 209 Å². The van der Waals surface area contributed by atoms with E-state index in [4.69, 9.17) is 16.3 Å². The number of rotatable bonds is 10. The maximum Gasteiger partial charge on any atom is 0.333 e. The van der Waals surface area contributed by atoms with Crippen LogP contribution in [0.25, 0.3) is 0 Å². The van der Waals surface area contributed by atoms with Crippen LogP contribution >= 0.6 is 11.6 Å². The van der Waals surface area contributed by atoms with Gasteiger partial charge in [-0.05, 0) is 88.8 Å². The number of halogens is 1. The Morgan fingerprint density at radius 1 is 1.21 bits per heavy atom. The molecule has 0 saturated heterocycles. The van der Waals surface area contributed by atoms with Crippen LogP contribution in [0.4, 0.5) is 5.82 Å². The quantitative estimate of drug-likeness (QED) is 0.223. The van der Waals surface area contributed by atoms with Crippen molar-refractivity contribution in [1.82, 2.24) is 9.97 Å². The van der Waals surface area contributed by atoms with E-state index in [-0.39, 0.29) is 5.97 Å². The SMILES string of the molecule is C=C(CCCN(CCC)c1nc(Cl)nc2c1CCC(Cc1ccccc1)C2)C(=O)OC(C)(C)C. The summed E-state index contributed by atoms with van der Waals surface area (Å²) in [6.45, 7) is 13.4. The van der Waals surface area contributed by atoms with Gasteiger partial charge in [-0.3, -0.25) is 0 Å². The second-order valence-electron chi connectivity index (χ2n) is 10.2. The van der Waals surface area contributed by atoms with Gasteiger partial charge in [0.1, 0.15) is 11.4 Å². The summed E-state index contributed by atoms with van der Waals surface area (Å²) in [5.41, 5.74) is 3.69. The molecule has 0 aliphatic heterocycles. The van der Waals surface area contributed by atoms with E-state index in [0.29, 0.717) is 23.2 Å². The van der Waals surface area contributed by atoms with Crippen LogP contribution in [0, 0.1) is 5.92 Å². The predicted molar refractivity (Wildman–Crippen MR) is 139 cm³/mol. The average molecular weight is 484 g/mol. The highest BCUT2D eigenvalue weighted by molar-refractivity contribution is 6.28. The maximum atomic E-state index is 12.3. The summed E-state index contributed by atoms with van der Waals surface area (Å²) in [7, 11) is 0. The lowest BCUT2D eigenvalue weighted by Crippen LogP contribution is -2.30. The van der Waals surface area contributed by atoms with Crippen molar-refractivity contribution in [3.8, 4) is 0 Å². The molecule has 5 nitrogen and oxygen atoms in total. The number of esters is 1. The fraction of sp³-hybridized carbons (Fsp3) is 0.536. The molecule has 1 atom stereocenters. The van der Waals surface area contributed by atoms with Gasteiger partial charge < -0.3 is 9.64 Å². The Morgan fingerprint density at radius 2 is 1.94 bits per heavy atom. The van der Waals surface area contributed by atoms with Crippen LogP contribution in [0.1, 0.15) is 70.2 Å². The minimum atomic E-state index is -0.511. The van der Waals surface area contributed by atoms with E-state index >= 15 is 0 Å². The van der Waals surface area contributed by atoms with Crippen molar-refractivity contribution in [2.45, 2.75) is 78.2 Å². The molecule has 1 unspecified atom stereocenters. The minimum absolute atomic E-state index is 0.313. The molecule has 1 aliphatic carbocycles. The van der Waals surface area contributed by atoms with Gasteiger partial charge in [0, 0.05) is 24.2 Å². The number of benzene rings is 1. The number of hydrogen-bond donors (Lipinski definition) is 0. The van der Waals surface area contributed by atoms with Crippen LogP contribution in [-0.2, 0) is 28.8 Å². The van der Waals surface area contributed by atoms with Crippen molar-refractivity contribution in [2.24, 2.45) is 5.92 Å². The van der Waals surface area contributed by atoms with Crippen molar-refractivity contribution in [1.29, 1.82) is 0 Å². The molecule has 3 rings (SSSR count). The predicted octanol–water partition coefficient (Wildman–Crippen LogP) is 6.37. The first-order valence-corrected chi connectivity index (χ1v) is 12.8. The summed E-state index contributed by atoms with van der Waals surface area (Å²) in [5.74, 6) is 1.20. The maximum absolute atomic E-state index is 12.3. The molecule has 2 aromatic rings. The number of carbonyl (C=O) groups is 1. The van der Waals surface area contributed by atoms with Gasteiger partial charge in [-0.2, -0.15) is 0 Å². The highest BCUT2D eigenvalue weighted by Crippen LogP contribution is 2.33. The number of ether oxygens (including phenoxy) is 1. The van der Waals surface area contributed by atoms with Crippen molar-refractivity contribution in [3.63, 3.8) is 0 Å². The molecule has 0 N–H and O–H groups in total. The van der Waals surface area contributed by atoms with E-state index < -0.39 is 5.60 Å². The molecule has 0 amide bonds. The summed E-state index contributed by atoms with van der Waals surface area (Å²) in [4.78, 5) is 23.8. The third-order valence-corrected chi connectivity index (χ3v) is 6.25. The van der Waals surface area contributed by atoms with Crippen molar-refractivity contribution in [2.75, 3.05) is 18.0 Å².